The van der Waals surface area contributed by atoms with E-state index in [-0.39, 0.29) is 17.4 Å². The van der Waals surface area contributed by atoms with Gasteiger partial charge < -0.3 is 15.8 Å². The first-order valence-corrected chi connectivity index (χ1v) is 6.59. The van der Waals surface area contributed by atoms with Crippen molar-refractivity contribution in [3.05, 3.63) is 24.3 Å². The zero-order chi connectivity index (χ0) is 14.5. The van der Waals surface area contributed by atoms with Crippen LogP contribution >= 0.6 is 0 Å². The lowest BCUT2D eigenvalue weighted by Gasteiger charge is -2.22. The number of hydrogen-bond donors (Lipinski definition) is 2. The van der Waals surface area contributed by atoms with E-state index in [4.69, 9.17) is 10.5 Å². The molecule has 0 bridgehead atoms. The molecule has 106 valence electrons. The fraction of sp³-hybridized carbons (Fsp3) is 0.533. The van der Waals surface area contributed by atoms with Gasteiger partial charge in [-0.05, 0) is 37.9 Å². The van der Waals surface area contributed by atoms with Gasteiger partial charge in [0.05, 0.1) is 11.8 Å². The molecule has 0 saturated heterocycles. The number of hydrogen-bond acceptors (Lipinski definition) is 3. The molecule has 19 heavy (non-hydrogen) atoms. The predicted molar refractivity (Wildman–Crippen MR) is 78.3 cm³/mol. The Morgan fingerprint density at radius 2 is 2.00 bits per heavy atom. The van der Waals surface area contributed by atoms with E-state index in [1.165, 1.54) is 0 Å². The number of benzene rings is 1. The Morgan fingerprint density at radius 1 is 1.37 bits per heavy atom. The molecule has 0 radical (unpaired) electrons. The first kappa shape index (κ1) is 15.5. The molecule has 0 fully saturated rings. The molecule has 1 aromatic rings. The fourth-order valence-corrected chi connectivity index (χ4v) is 1.63. The summed E-state index contributed by atoms with van der Waals surface area (Å²) in [6.07, 6.45) is 0.456. The molecule has 0 aliphatic rings. The molecule has 0 aliphatic carbocycles. The lowest BCUT2D eigenvalue weighted by molar-refractivity contribution is -0.117. The van der Waals surface area contributed by atoms with Crippen molar-refractivity contribution in [2.75, 3.05) is 11.9 Å². The second kappa shape index (κ2) is 6.57. The summed E-state index contributed by atoms with van der Waals surface area (Å²) in [5.74, 6) is 0.645. The average molecular weight is 264 g/mol. The topological polar surface area (TPSA) is 64.3 Å². The molecule has 0 atom stereocenters. The minimum Gasteiger partial charge on any atom is -0.489 e. The third-order valence-electron chi connectivity index (χ3n) is 2.72. The first-order chi connectivity index (χ1) is 8.84. The Kier molecular flexibility index (Phi) is 5.36. The van der Waals surface area contributed by atoms with E-state index in [1.807, 2.05) is 52.0 Å². The van der Waals surface area contributed by atoms with Crippen molar-refractivity contribution in [2.24, 2.45) is 11.1 Å². The van der Waals surface area contributed by atoms with Crippen LogP contribution in [-0.4, -0.2) is 18.6 Å². The summed E-state index contributed by atoms with van der Waals surface area (Å²) in [5.41, 5.74) is 6.15. The lowest BCUT2D eigenvalue weighted by Crippen LogP contribution is -2.29. The van der Waals surface area contributed by atoms with E-state index >= 15 is 0 Å². The van der Waals surface area contributed by atoms with Crippen LogP contribution in [0, 0.1) is 5.41 Å². The van der Waals surface area contributed by atoms with Gasteiger partial charge in [-0.25, -0.2) is 0 Å². The fourth-order valence-electron chi connectivity index (χ4n) is 1.63. The minimum absolute atomic E-state index is 0.0461. The molecular weight excluding hydrogens is 240 g/mol. The quantitative estimate of drug-likeness (QED) is 0.830. The summed E-state index contributed by atoms with van der Waals surface area (Å²) in [7, 11) is 0. The Balaban J connectivity index is 2.74. The number of para-hydroxylation sites is 2. The number of nitrogens with one attached hydrogen (secondary N) is 1. The number of amides is 1. The van der Waals surface area contributed by atoms with Crippen LogP contribution in [0.5, 0.6) is 5.75 Å². The molecule has 1 aromatic carbocycles. The third kappa shape index (κ3) is 5.30. The number of anilines is 1. The molecule has 4 heteroatoms. The molecular formula is C15H24N2O2. The van der Waals surface area contributed by atoms with Gasteiger partial charge in [-0.1, -0.05) is 26.0 Å². The molecule has 0 aromatic heterocycles. The summed E-state index contributed by atoms with van der Waals surface area (Å²) in [6.45, 7) is 8.34. The molecule has 4 nitrogen and oxygen atoms in total. The second-order valence-electron chi connectivity index (χ2n) is 5.76. The van der Waals surface area contributed by atoms with E-state index < -0.39 is 0 Å². The van der Waals surface area contributed by atoms with Crippen molar-refractivity contribution in [3.8, 4) is 5.75 Å². The molecule has 0 spiro atoms. The zero-order valence-electron chi connectivity index (χ0n) is 12.2. The number of ether oxygens (including phenoxy) is 1. The van der Waals surface area contributed by atoms with Gasteiger partial charge in [0.15, 0.2) is 0 Å². The van der Waals surface area contributed by atoms with Gasteiger partial charge in [0.25, 0.3) is 0 Å². The molecule has 1 rings (SSSR count). The summed E-state index contributed by atoms with van der Waals surface area (Å²) in [6, 6.07) is 7.45. The SMILES string of the molecule is CC(C)Oc1ccccc1NC(=O)CC(C)(C)CN. The minimum atomic E-state index is -0.196. The largest absolute Gasteiger partial charge is 0.489 e. The summed E-state index contributed by atoms with van der Waals surface area (Å²) < 4.78 is 5.66. The van der Waals surface area contributed by atoms with E-state index in [0.29, 0.717) is 24.4 Å². The lowest BCUT2D eigenvalue weighted by atomic mass is 9.89. The normalized spacial score (nSPS) is 11.5. The van der Waals surface area contributed by atoms with Gasteiger partial charge in [0.2, 0.25) is 5.91 Å². The number of carbonyl (C=O) groups is 1. The standard InChI is InChI=1S/C15H24N2O2/c1-11(2)19-13-8-6-5-7-12(13)17-14(18)9-15(3,4)10-16/h5-8,11H,9-10,16H2,1-4H3,(H,17,18). The summed E-state index contributed by atoms with van der Waals surface area (Å²) >= 11 is 0. The molecule has 0 saturated carbocycles. The van der Waals surface area contributed by atoms with Crippen molar-refractivity contribution in [1.82, 2.24) is 0 Å². The number of nitrogens with two attached hydrogens (primary N) is 1. The van der Waals surface area contributed by atoms with E-state index in [9.17, 15) is 4.79 Å². The van der Waals surface area contributed by atoms with Crippen molar-refractivity contribution in [3.63, 3.8) is 0 Å². The Bertz CT molecular complexity index is 428. The Morgan fingerprint density at radius 3 is 2.58 bits per heavy atom. The monoisotopic (exact) mass is 264 g/mol. The predicted octanol–water partition coefficient (Wildman–Crippen LogP) is 2.79. The van der Waals surface area contributed by atoms with Crippen molar-refractivity contribution < 1.29 is 9.53 Å². The highest BCUT2D eigenvalue weighted by Crippen LogP contribution is 2.26. The van der Waals surface area contributed by atoms with Crippen LogP contribution in [0.2, 0.25) is 0 Å². The molecule has 0 aliphatic heterocycles. The maximum Gasteiger partial charge on any atom is 0.225 e. The van der Waals surface area contributed by atoms with Crippen LogP contribution in [0.3, 0.4) is 0 Å². The van der Waals surface area contributed by atoms with Crippen LogP contribution in [0.4, 0.5) is 5.69 Å². The average Bonchev–Trinajstić information content (AvgIpc) is 2.30. The highest BCUT2D eigenvalue weighted by Gasteiger charge is 2.20. The van der Waals surface area contributed by atoms with Crippen LogP contribution in [0.15, 0.2) is 24.3 Å². The first-order valence-electron chi connectivity index (χ1n) is 6.59. The highest BCUT2D eigenvalue weighted by atomic mass is 16.5. The summed E-state index contributed by atoms with van der Waals surface area (Å²) in [4.78, 5) is 12.0. The van der Waals surface area contributed by atoms with Crippen molar-refractivity contribution in [1.29, 1.82) is 0 Å². The van der Waals surface area contributed by atoms with Gasteiger partial charge >= 0.3 is 0 Å². The van der Waals surface area contributed by atoms with Crippen LogP contribution in [0.1, 0.15) is 34.1 Å². The molecule has 0 unspecified atom stereocenters. The van der Waals surface area contributed by atoms with E-state index in [0.717, 1.165) is 0 Å². The summed E-state index contributed by atoms with van der Waals surface area (Å²) in [5, 5.41) is 2.89. The van der Waals surface area contributed by atoms with E-state index in [2.05, 4.69) is 5.32 Å². The van der Waals surface area contributed by atoms with Gasteiger partial charge in [-0.3, -0.25) is 4.79 Å². The highest BCUT2D eigenvalue weighted by molar-refractivity contribution is 5.92. The van der Waals surface area contributed by atoms with Crippen LogP contribution < -0.4 is 15.8 Å². The van der Waals surface area contributed by atoms with Crippen LogP contribution in [0.25, 0.3) is 0 Å². The maximum absolute atomic E-state index is 12.0. The smallest absolute Gasteiger partial charge is 0.225 e. The molecule has 3 N–H and O–H groups in total. The van der Waals surface area contributed by atoms with Gasteiger partial charge in [-0.15, -0.1) is 0 Å². The Hall–Kier alpha value is -1.55. The van der Waals surface area contributed by atoms with E-state index in [1.54, 1.807) is 0 Å². The zero-order valence-corrected chi connectivity index (χ0v) is 12.2. The molecule has 1 amide bonds. The number of carbonyl (C=O) groups excluding carboxylic acids is 1. The van der Waals surface area contributed by atoms with Gasteiger partial charge in [0.1, 0.15) is 5.75 Å². The third-order valence-corrected chi connectivity index (χ3v) is 2.72. The number of rotatable bonds is 6. The Labute approximate surface area is 115 Å². The second-order valence-corrected chi connectivity index (χ2v) is 5.76. The van der Waals surface area contributed by atoms with Gasteiger partial charge in [0, 0.05) is 6.42 Å². The van der Waals surface area contributed by atoms with Gasteiger partial charge in [-0.2, -0.15) is 0 Å². The van der Waals surface area contributed by atoms with Crippen LogP contribution in [-0.2, 0) is 4.79 Å². The van der Waals surface area contributed by atoms with Crippen molar-refractivity contribution >= 4 is 11.6 Å². The maximum atomic E-state index is 12.0. The molecule has 0 heterocycles. The van der Waals surface area contributed by atoms with Crippen molar-refractivity contribution in [2.45, 2.75) is 40.2 Å².